The van der Waals surface area contributed by atoms with Gasteiger partial charge >= 0.3 is 5.69 Å². The van der Waals surface area contributed by atoms with Gasteiger partial charge in [0, 0.05) is 55.9 Å². The molecule has 39 heavy (non-hydrogen) atoms. The van der Waals surface area contributed by atoms with Crippen molar-refractivity contribution in [2.24, 2.45) is 22.8 Å². The average Bonchev–Trinajstić information content (AvgIpc) is 3.50. The average molecular weight is 547 g/mol. The van der Waals surface area contributed by atoms with Crippen LogP contribution in [-0.4, -0.2) is 46.3 Å². The Morgan fingerprint density at radius 2 is 1.87 bits per heavy atom. The number of imidazole rings is 1. The van der Waals surface area contributed by atoms with Crippen molar-refractivity contribution in [1.82, 2.24) is 9.13 Å². The Kier molecular flexibility index (Phi) is 7.12. The van der Waals surface area contributed by atoms with Crippen molar-refractivity contribution in [3.63, 3.8) is 0 Å². The lowest BCUT2D eigenvalue weighted by Crippen LogP contribution is -2.26. The highest BCUT2D eigenvalue weighted by Gasteiger charge is 2.25. The molecule has 2 heterocycles. The second-order valence-corrected chi connectivity index (χ2v) is 9.89. The lowest BCUT2D eigenvalue weighted by Gasteiger charge is -2.23. The van der Waals surface area contributed by atoms with Crippen molar-refractivity contribution in [2.75, 3.05) is 18.0 Å². The molecule has 1 aliphatic rings. The molecule has 5 rings (SSSR count). The van der Waals surface area contributed by atoms with Gasteiger partial charge in [-0.2, -0.15) is 0 Å². The number of phenols is 1. The number of rotatable bonds is 6. The molecule has 0 spiro atoms. The Labute approximate surface area is 230 Å². The van der Waals surface area contributed by atoms with E-state index in [4.69, 9.17) is 17.3 Å². The summed E-state index contributed by atoms with van der Waals surface area (Å²) in [7, 11) is 1.64. The summed E-state index contributed by atoms with van der Waals surface area (Å²) < 4.78 is 17.9. The Hall–Kier alpha value is -4.21. The maximum absolute atomic E-state index is 15.0. The van der Waals surface area contributed by atoms with Crippen LogP contribution in [0.1, 0.15) is 13.3 Å². The van der Waals surface area contributed by atoms with Gasteiger partial charge in [0.2, 0.25) is 0 Å². The lowest BCUT2D eigenvalue weighted by molar-refractivity contribution is 0.477. The highest BCUT2D eigenvalue weighted by atomic mass is 35.5. The van der Waals surface area contributed by atoms with Gasteiger partial charge < -0.3 is 20.3 Å². The SMILES string of the molecule is C=Nc1cc(-c2cc(F)cc(-c3ccc(-n4ccn(C)c4=O)c(Cl)c3)c2O)cc(N2CC[C@H](N)C2)c1N=CC. The van der Waals surface area contributed by atoms with Gasteiger partial charge in [-0.05, 0) is 67.6 Å². The minimum Gasteiger partial charge on any atom is -0.507 e. The van der Waals surface area contributed by atoms with Crippen molar-refractivity contribution in [1.29, 1.82) is 0 Å². The number of nitrogens with zero attached hydrogens (tertiary/aromatic N) is 5. The minimum atomic E-state index is -0.536. The molecule has 1 saturated heterocycles. The van der Waals surface area contributed by atoms with E-state index in [0.717, 1.165) is 18.7 Å². The molecule has 4 aromatic rings. The van der Waals surface area contributed by atoms with E-state index in [1.165, 1.54) is 21.3 Å². The van der Waals surface area contributed by atoms with Crippen LogP contribution in [0.3, 0.4) is 0 Å². The smallest absolute Gasteiger partial charge is 0.332 e. The van der Waals surface area contributed by atoms with Crippen molar-refractivity contribution in [3.8, 4) is 33.7 Å². The van der Waals surface area contributed by atoms with E-state index in [9.17, 15) is 9.90 Å². The molecule has 0 bridgehead atoms. The van der Waals surface area contributed by atoms with E-state index in [2.05, 4.69) is 21.6 Å². The second kappa shape index (κ2) is 10.5. The van der Waals surface area contributed by atoms with Crippen LogP contribution in [0.4, 0.5) is 21.5 Å². The molecule has 0 unspecified atom stereocenters. The monoisotopic (exact) mass is 546 g/mol. The molecule has 0 radical (unpaired) electrons. The van der Waals surface area contributed by atoms with Gasteiger partial charge in [0.15, 0.2) is 0 Å². The number of aromatic hydroxyl groups is 1. The second-order valence-electron chi connectivity index (χ2n) is 9.48. The molecule has 1 fully saturated rings. The number of benzene rings is 3. The molecule has 0 saturated carbocycles. The van der Waals surface area contributed by atoms with E-state index in [1.54, 1.807) is 49.9 Å². The molecule has 3 N–H and O–H groups in total. The predicted molar refractivity (Wildman–Crippen MR) is 156 cm³/mol. The number of phenolic OH excluding ortho intramolecular Hbond substituents is 1. The topological polar surface area (TPSA) is 101 Å². The number of hydrogen-bond acceptors (Lipinski definition) is 6. The van der Waals surface area contributed by atoms with Gasteiger partial charge in [0.05, 0.1) is 22.1 Å². The van der Waals surface area contributed by atoms with Gasteiger partial charge in [-0.3, -0.25) is 14.6 Å². The summed E-state index contributed by atoms with van der Waals surface area (Å²) in [5, 5.41) is 11.7. The molecule has 1 atom stereocenters. The number of anilines is 1. The van der Waals surface area contributed by atoms with Crippen molar-refractivity contribution >= 4 is 41.6 Å². The molecular weight excluding hydrogens is 519 g/mol. The highest BCUT2D eigenvalue weighted by Crippen LogP contribution is 2.46. The van der Waals surface area contributed by atoms with Crippen LogP contribution < -0.4 is 16.3 Å². The van der Waals surface area contributed by atoms with Crippen LogP contribution in [0.15, 0.2) is 69.6 Å². The van der Waals surface area contributed by atoms with Crippen LogP contribution >= 0.6 is 11.6 Å². The first-order valence-electron chi connectivity index (χ1n) is 12.4. The fourth-order valence-electron chi connectivity index (χ4n) is 4.95. The van der Waals surface area contributed by atoms with Crippen molar-refractivity contribution < 1.29 is 9.50 Å². The lowest BCUT2D eigenvalue weighted by atomic mass is 9.95. The van der Waals surface area contributed by atoms with Gasteiger partial charge in [-0.15, -0.1) is 0 Å². The molecular formula is C29H28ClFN6O2. The van der Waals surface area contributed by atoms with Crippen LogP contribution in [0.5, 0.6) is 5.75 Å². The van der Waals surface area contributed by atoms with Crippen LogP contribution in [0, 0.1) is 5.82 Å². The van der Waals surface area contributed by atoms with E-state index in [-0.39, 0.29) is 33.6 Å². The van der Waals surface area contributed by atoms with E-state index in [1.807, 2.05) is 13.0 Å². The third-order valence-electron chi connectivity index (χ3n) is 6.91. The minimum absolute atomic E-state index is 0.0286. The summed E-state index contributed by atoms with van der Waals surface area (Å²) in [5.41, 5.74) is 9.91. The summed E-state index contributed by atoms with van der Waals surface area (Å²) in [6.45, 7) is 6.90. The van der Waals surface area contributed by atoms with Crippen molar-refractivity contribution in [3.05, 3.63) is 76.2 Å². The third-order valence-corrected chi connectivity index (χ3v) is 7.22. The zero-order valence-corrected chi connectivity index (χ0v) is 22.4. The van der Waals surface area contributed by atoms with Crippen LogP contribution in [-0.2, 0) is 7.05 Å². The van der Waals surface area contributed by atoms with Crippen LogP contribution in [0.2, 0.25) is 5.02 Å². The number of hydrogen-bond donors (Lipinski definition) is 2. The zero-order valence-electron chi connectivity index (χ0n) is 21.6. The third kappa shape index (κ3) is 4.86. The number of aryl methyl sites for hydroxylation is 1. The molecule has 8 nitrogen and oxygen atoms in total. The quantitative estimate of drug-likeness (QED) is 0.307. The van der Waals surface area contributed by atoms with Crippen molar-refractivity contribution in [2.45, 2.75) is 19.4 Å². The molecule has 1 aromatic heterocycles. The Morgan fingerprint density at radius 1 is 1.13 bits per heavy atom. The molecule has 200 valence electrons. The molecule has 0 aliphatic carbocycles. The summed E-state index contributed by atoms with van der Waals surface area (Å²) >= 11 is 6.54. The van der Waals surface area contributed by atoms with E-state index in [0.29, 0.717) is 34.7 Å². The number of aliphatic imine (C=N–C) groups is 2. The standard InChI is InChI=1S/C29H28ClFN6O2/c1-4-34-27-24(33-2)12-18(13-26(27)36-8-7-20(32)16-36)22-15-19(31)14-21(28(22)38)17-5-6-25(23(30)11-17)37-10-9-35(3)29(37)39/h4-6,9-15,20,38H,2,7-8,16,32H2,1,3H3/t20-/m0/s1. The van der Waals surface area contributed by atoms with Gasteiger partial charge in [0.1, 0.15) is 17.3 Å². The van der Waals surface area contributed by atoms with Gasteiger partial charge in [-0.25, -0.2) is 9.18 Å². The fourth-order valence-corrected chi connectivity index (χ4v) is 5.22. The van der Waals surface area contributed by atoms with Gasteiger partial charge in [0.25, 0.3) is 0 Å². The maximum Gasteiger partial charge on any atom is 0.332 e. The molecule has 3 aromatic carbocycles. The first kappa shape index (κ1) is 26.4. The number of aromatic nitrogens is 2. The van der Waals surface area contributed by atoms with E-state index < -0.39 is 5.82 Å². The Bertz CT molecular complexity index is 1680. The summed E-state index contributed by atoms with van der Waals surface area (Å²) in [6.07, 6.45) is 5.75. The van der Waals surface area contributed by atoms with Crippen LogP contribution in [0.25, 0.3) is 27.9 Å². The predicted octanol–water partition coefficient (Wildman–Crippen LogP) is 5.60. The summed E-state index contributed by atoms with van der Waals surface area (Å²) in [4.78, 5) is 23.2. The molecule has 0 amide bonds. The van der Waals surface area contributed by atoms with Gasteiger partial charge in [-0.1, -0.05) is 17.7 Å². The molecule has 10 heteroatoms. The summed E-state index contributed by atoms with van der Waals surface area (Å²) in [6, 6.07) is 11.1. The fraction of sp³-hybridized carbons (Fsp3) is 0.207. The Balaban J connectivity index is 1.64. The first-order valence-corrected chi connectivity index (χ1v) is 12.8. The maximum atomic E-state index is 15.0. The zero-order chi connectivity index (χ0) is 27.8. The molecule has 1 aliphatic heterocycles. The first-order chi connectivity index (χ1) is 18.7. The normalized spacial score (nSPS) is 15.4. The largest absolute Gasteiger partial charge is 0.507 e. The van der Waals surface area contributed by atoms with E-state index >= 15 is 4.39 Å². The summed E-state index contributed by atoms with van der Waals surface area (Å²) in [5.74, 6) is -0.659. The Morgan fingerprint density at radius 3 is 2.46 bits per heavy atom. The number of halogens is 2. The number of nitrogens with two attached hydrogens (primary N) is 1. The highest BCUT2D eigenvalue weighted by molar-refractivity contribution is 6.32.